The standard InChI is InChI=1S/C7H12N2O2/c1-2-3-7(4-5-8)6-9(10)11/h7H,2-4,6H2,1H3. The maximum Gasteiger partial charge on any atom is 0.207 e. The Morgan fingerprint density at radius 1 is 1.73 bits per heavy atom. The first-order valence-corrected chi connectivity index (χ1v) is 3.69. The van der Waals surface area contributed by atoms with E-state index in [2.05, 4.69) is 0 Å². The second-order valence-corrected chi connectivity index (χ2v) is 2.53. The molecule has 0 aliphatic rings. The number of hydrogen-bond donors (Lipinski definition) is 0. The molecule has 0 spiro atoms. The van der Waals surface area contributed by atoms with E-state index in [1.165, 1.54) is 0 Å². The molecule has 0 heterocycles. The number of nitriles is 1. The Hall–Kier alpha value is -1.11. The van der Waals surface area contributed by atoms with Gasteiger partial charge in [-0.1, -0.05) is 13.3 Å². The molecule has 0 aliphatic heterocycles. The molecule has 0 N–H and O–H groups in total. The van der Waals surface area contributed by atoms with Gasteiger partial charge >= 0.3 is 0 Å². The fourth-order valence-corrected chi connectivity index (χ4v) is 1.01. The Bertz CT molecular complexity index is 162. The Kier molecular flexibility index (Phi) is 5.09. The van der Waals surface area contributed by atoms with E-state index in [1.54, 1.807) is 0 Å². The van der Waals surface area contributed by atoms with Crippen LogP contribution in [0.1, 0.15) is 26.2 Å². The van der Waals surface area contributed by atoms with Crippen molar-refractivity contribution in [2.75, 3.05) is 6.54 Å². The molecule has 0 saturated carbocycles. The minimum atomic E-state index is -0.350. The molecule has 62 valence electrons. The van der Waals surface area contributed by atoms with Gasteiger partial charge in [0.25, 0.3) is 0 Å². The first-order chi connectivity index (χ1) is 5.20. The normalized spacial score (nSPS) is 12.0. The van der Waals surface area contributed by atoms with E-state index in [4.69, 9.17) is 5.26 Å². The van der Waals surface area contributed by atoms with Gasteiger partial charge in [-0.25, -0.2) is 0 Å². The Morgan fingerprint density at radius 3 is 2.73 bits per heavy atom. The van der Waals surface area contributed by atoms with Crippen LogP contribution in [0.15, 0.2) is 0 Å². The van der Waals surface area contributed by atoms with E-state index >= 15 is 0 Å². The third kappa shape index (κ3) is 5.34. The highest BCUT2D eigenvalue weighted by Crippen LogP contribution is 2.09. The van der Waals surface area contributed by atoms with Gasteiger partial charge in [-0.2, -0.15) is 5.26 Å². The predicted molar refractivity (Wildman–Crippen MR) is 40.5 cm³/mol. The van der Waals surface area contributed by atoms with E-state index in [-0.39, 0.29) is 17.4 Å². The van der Waals surface area contributed by atoms with E-state index in [1.807, 2.05) is 13.0 Å². The zero-order chi connectivity index (χ0) is 8.69. The van der Waals surface area contributed by atoms with E-state index in [0.29, 0.717) is 6.42 Å². The monoisotopic (exact) mass is 156 g/mol. The van der Waals surface area contributed by atoms with Gasteiger partial charge in [0, 0.05) is 17.3 Å². The first kappa shape index (κ1) is 9.89. The topological polar surface area (TPSA) is 66.9 Å². The molecule has 1 unspecified atom stereocenters. The quantitative estimate of drug-likeness (QED) is 0.448. The average Bonchev–Trinajstić information content (AvgIpc) is 1.87. The Balaban J connectivity index is 3.70. The molecule has 0 aliphatic carbocycles. The molecule has 0 aromatic carbocycles. The zero-order valence-electron chi connectivity index (χ0n) is 6.62. The highest BCUT2D eigenvalue weighted by atomic mass is 16.6. The van der Waals surface area contributed by atoms with Crippen LogP contribution >= 0.6 is 0 Å². The van der Waals surface area contributed by atoms with Crippen LogP contribution in [-0.4, -0.2) is 11.5 Å². The number of nitrogens with zero attached hydrogens (tertiary/aromatic N) is 2. The van der Waals surface area contributed by atoms with E-state index in [0.717, 1.165) is 12.8 Å². The smallest absolute Gasteiger partial charge is 0.207 e. The maximum atomic E-state index is 10.1. The largest absolute Gasteiger partial charge is 0.265 e. The summed E-state index contributed by atoms with van der Waals surface area (Å²) in [6.07, 6.45) is 1.98. The van der Waals surface area contributed by atoms with Gasteiger partial charge in [0.15, 0.2) is 0 Å². The molecule has 4 heteroatoms. The summed E-state index contributed by atoms with van der Waals surface area (Å²) in [6, 6.07) is 1.95. The van der Waals surface area contributed by atoms with Gasteiger partial charge in [0.2, 0.25) is 6.54 Å². The molecule has 0 bridgehead atoms. The summed E-state index contributed by atoms with van der Waals surface area (Å²) in [6.45, 7) is 1.89. The highest BCUT2D eigenvalue weighted by molar-refractivity contribution is 4.74. The molecular formula is C7H12N2O2. The third-order valence-corrected chi connectivity index (χ3v) is 1.48. The van der Waals surface area contributed by atoms with Crippen molar-refractivity contribution in [3.05, 3.63) is 10.1 Å². The van der Waals surface area contributed by atoms with Crippen molar-refractivity contribution >= 4 is 0 Å². The minimum absolute atomic E-state index is 0.0556. The van der Waals surface area contributed by atoms with Crippen molar-refractivity contribution in [3.8, 4) is 6.07 Å². The van der Waals surface area contributed by atoms with Gasteiger partial charge in [-0.3, -0.25) is 10.1 Å². The predicted octanol–water partition coefficient (Wildman–Crippen LogP) is 1.59. The molecule has 11 heavy (non-hydrogen) atoms. The van der Waals surface area contributed by atoms with E-state index in [9.17, 15) is 10.1 Å². The van der Waals surface area contributed by atoms with Crippen LogP contribution in [0, 0.1) is 27.4 Å². The van der Waals surface area contributed by atoms with Crippen LogP contribution in [0.25, 0.3) is 0 Å². The zero-order valence-corrected chi connectivity index (χ0v) is 6.62. The summed E-state index contributed by atoms with van der Waals surface area (Å²) in [4.78, 5) is 9.71. The SMILES string of the molecule is CCCC(CC#N)C[N+](=O)[O-]. The number of hydrogen-bond acceptors (Lipinski definition) is 3. The number of nitro groups is 1. The molecule has 1 atom stereocenters. The molecule has 0 aromatic heterocycles. The van der Waals surface area contributed by atoms with Crippen LogP contribution in [-0.2, 0) is 0 Å². The minimum Gasteiger partial charge on any atom is -0.265 e. The molecule has 0 fully saturated rings. The lowest BCUT2D eigenvalue weighted by molar-refractivity contribution is -0.488. The molecule has 0 saturated heterocycles. The average molecular weight is 156 g/mol. The summed E-state index contributed by atoms with van der Waals surface area (Å²) >= 11 is 0. The van der Waals surface area contributed by atoms with Gasteiger partial charge in [-0.05, 0) is 6.42 Å². The van der Waals surface area contributed by atoms with Gasteiger partial charge in [0.05, 0.1) is 6.07 Å². The first-order valence-electron chi connectivity index (χ1n) is 3.69. The molecule has 0 radical (unpaired) electrons. The lowest BCUT2D eigenvalue weighted by atomic mass is 10.0. The fourth-order valence-electron chi connectivity index (χ4n) is 1.01. The number of rotatable bonds is 5. The van der Waals surface area contributed by atoms with Gasteiger partial charge in [0.1, 0.15) is 0 Å². The lowest BCUT2D eigenvalue weighted by Gasteiger charge is -2.05. The summed E-state index contributed by atoms with van der Waals surface area (Å²) < 4.78 is 0. The van der Waals surface area contributed by atoms with Gasteiger partial charge < -0.3 is 0 Å². The van der Waals surface area contributed by atoms with Crippen LogP contribution < -0.4 is 0 Å². The van der Waals surface area contributed by atoms with Crippen molar-refractivity contribution < 1.29 is 4.92 Å². The van der Waals surface area contributed by atoms with Crippen molar-refractivity contribution in [2.24, 2.45) is 5.92 Å². The molecule has 0 aromatic rings. The second kappa shape index (κ2) is 5.66. The summed E-state index contributed by atoms with van der Waals surface area (Å²) in [5, 5.41) is 18.4. The van der Waals surface area contributed by atoms with Crippen molar-refractivity contribution in [3.63, 3.8) is 0 Å². The third-order valence-electron chi connectivity index (χ3n) is 1.48. The summed E-state index contributed by atoms with van der Waals surface area (Å²) in [5.41, 5.74) is 0. The molecular weight excluding hydrogens is 144 g/mol. The Labute approximate surface area is 66.0 Å². The molecule has 0 amide bonds. The van der Waals surface area contributed by atoms with Crippen LogP contribution in [0.3, 0.4) is 0 Å². The maximum absolute atomic E-state index is 10.1. The van der Waals surface area contributed by atoms with Crippen LogP contribution in [0.2, 0.25) is 0 Å². The van der Waals surface area contributed by atoms with Gasteiger partial charge in [-0.15, -0.1) is 0 Å². The van der Waals surface area contributed by atoms with E-state index < -0.39 is 0 Å². The van der Waals surface area contributed by atoms with Crippen LogP contribution in [0.4, 0.5) is 0 Å². The summed E-state index contributed by atoms with van der Waals surface area (Å²) in [7, 11) is 0. The fraction of sp³-hybridized carbons (Fsp3) is 0.857. The van der Waals surface area contributed by atoms with Crippen molar-refractivity contribution in [1.82, 2.24) is 0 Å². The Morgan fingerprint density at radius 2 is 2.36 bits per heavy atom. The molecule has 0 rings (SSSR count). The van der Waals surface area contributed by atoms with Crippen LogP contribution in [0.5, 0.6) is 0 Å². The second-order valence-electron chi connectivity index (χ2n) is 2.53. The summed E-state index contributed by atoms with van der Waals surface area (Å²) in [5.74, 6) is -0.0556. The van der Waals surface area contributed by atoms with Crippen molar-refractivity contribution in [1.29, 1.82) is 5.26 Å². The lowest BCUT2D eigenvalue weighted by Crippen LogP contribution is -2.13. The van der Waals surface area contributed by atoms with Crippen molar-refractivity contribution in [2.45, 2.75) is 26.2 Å². The molecule has 4 nitrogen and oxygen atoms in total. The highest BCUT2D eigenvalue weighted by Gasteiger charge is 2.13.